The van der Waals surface area contributed by atoms with Gasteiger partial charge in [-0.3, -0.25) is 0 Å². The smallest absolute Gasteiger partial charge is 0.335 e. The Morgan fingerprint density at radius 1 is 1.33 bits per heavy atom. The van der Waals surface area contributed by atoms with Gasteiger partial charge in [-0.25, -0.2) is 17.6 Å². The summed E-state index contributed by atoms with van der Waals surface area (Å²) in [6.07, 6.45) is 0.652. The molecule has 1 aliphatic heterocycles. The van der Waals surface area contributed by atoms with Crippen LogP contribution in [0.5, 0.6) is 0 Å². The second-order valence-corrected chi connectivity index (χ2v) is 6.80. The molecule has 0 radical (unpaired) electrons. The van der Waals surface area contributed by atoms with Gasteiger partial charge in [0.25, 0.3) is 0 Å². The molecule has 0 aliphatic carbocycles. The summed E-state index contributed by atoms with van der Waals surface area (Å²) in [5, 5.41) is 12.0. The van der Waals surface area contributed by atoms with Crippen molar-refractivity contribution in [2.45, 2.75) is 18.2 Å². The first-order chi connectivity index (χ1) is 9.84. The number of hydrogen-bond donors (Lipinski definition) is 2. The van der Waals surface area contributed by atoms with Crippen LogP contribution < -0.4 is 5.32 Å². The number of aromatic carboxylic acids is 1. The summed E-state index contributed by atoms with van der Waals surface area (Å²) in [6, 6.07) is 1.86. The van der Waals surface area contributed by atoms with Crippen molar-refractivity contribution in [1.82, 2.24) is 9.62 Å². The van der Waals surface area contributed by atoms with Gasteiger partial charge in [0.05, 0.1) is 10.5 Å². The number of nitrogens with zero attached hydrogens (tertiary/aromatic N) is 1. The van der Waals surface area contributed by atoms with Crippen LogP contribution in [0.2, 0.25) is 0 Å². The molecule has 1 aromatic rings. The third kappa shape index (κ3) is 3.22. The molecule has 2 rings (SSSR count). The van der Waals surface area contributed by atoms with Crippen molar-refractivity contribution in [2.24, 2.45) is 0 Å². The first-order valence-corrected chi connectivity index (χ1v) is 8.02. The first-order valence-electron chi connectivity index (χ1n) is 6.58. The van der Waals surface area contributed by atoms with Gasteiger partial charge >= 0.3 is 5.97 Å². The molecule has 0 unspecified atom stereocenters. The third-order valence-corrected chi connectivity index (χ3v) is 5.49. The van der Waals surface area contributed by atoms with Crippen LogP contribution in [0.3, 0.4) is 0 Å². The van der Waals surface area contributed by atoms with Crippen LogP contribution in [0.15, 0.2) is 17.0 Å². The molecule has 0 bridgehead atoms. The summed E-state index contributed by atoms with van der Waals surface area (Å²) in [6.45, 7) is 3.17. The number of carboxylic acids is 1. The van der Waals surface area contributed by atoms with E-state index >= 15 is 0 Å². The predicted molar refractivity (Wildman–Crippen MR) is 74.3 cm³/mol. The zero-order chi connectivity index (χ0) is 15.6. The Balaban J connectivity index is 2.50. The molecule has 1 heterocycles. The van der Waals surface area contributed by atoms with E-state index in [9.17, 15) is 17.6 Å². The number of benzene rings is 1. The number of halogens is 1. The van der Waals surface area contributed by atoms with Crippen molar-refractivity contribution >= 4 is 16.0 Å². The number of carbonyl (C=O) groups is 1. The molecular weight excluding hydrogens is 299 g/mol. The zero-order valence-corrected chi connectivity index (χ0v) is 12.4. The molecule has 1 aliphatic rings. The van der Waals surface area contributed by atoms with E-state index in [1.807, 2.05) is 0 Å². The summed E-state index contributed by atoms with van der Waals surface area (Å²) < 4.78 is 40.3. The predicted octanol–water partition coefficient (Wildman–Crippen LogP) is 0.816. The molecular formula is C13H17FN2O4S. The molecule has 8 heteroatoms. The topological polar surface area (TPSA) is 86.7 Å². The highest BCUT2D eigenvalue weighted by molar-refractivity contribution is 7.89. The van der Waals surface area contributed by atoms with Gasteiger partial charge in [0.2, 0.25) is 10.0 Å². The lowest BCUT2D eigenvalue weighted by atomic mass is 10.1. The van der Waals surface area contributed by atoms with Crippen molar-refractivity contribution in [3.8, 4) is 0 Å². The quantitative estimate of drug-likeness (QED) is 0.862. The first kappa shape index (κ1) is 15.9. The molecule has 0 aromatic heterocycles. The summed E-state index contributed by atoms with van der Waals surface area (Å²) in [4.78, 5) is 10.7. The Kier molecular flexibility index (Phi) is 4.60. The van der Waals surface area contributed by atoms with E-state index in [1.165, 1.54) is 11.2 Å². The molecule has 1 aromatic carbocycles. The second kappa shape index (κ2) is 6.08. The standard InChI is InChI=1S/C13H17FN2O4S/c1-9-11(14)7-10(13(17)18)8-12(9)21(19,20)16-5-2-3-15-4-6-16/h7-8,15H,2-6H2,1H3,(H,17,18). The highest BCUT2D eigenvalue weighted by atomic mass is 32.2. The molecule has 0 amide bonds. The summed E-state index contributed by atoms with van der Waals surface area (Å²) in [5.74, 6) is -2.19. The lowest BCUT2D eigenvalue weighted by Gasteiger charge is -2.21. The Labute approximate surface area is 122 Å². The molecule has 116 valence electrons. The van der Waals surface area contributed by atoms with E-state index in [4.69, 9.17) is 5.11 Å². The van der Waals surface area contributed by atoms with Crippen molar-refractivity contribution in [3.63, 3.8) is 0 Å². The lowest BCUT2D eigenvalue weighted by molar-refractivity contribution is 0.0696. The van der Waals surface area contributed by atoms with Gasteiger partial charge in [-0.05, 0) is 32.0 Å². The zero-order valence-electron chi connectivity index (χ0n) is 11.6. The third-order valence-electron chi connectivity index (χ3n) is 3.46. The van der Waals surface area contributed by atoms with E-state index in [1.54, 1.807) is 0 Å². The van der Waals surface area contributed by atoms with Crippen molar-refractivity contribution in [1.29, 1.82) is 0 Å². The Morgan fingerprint density at radius 3 is 2.71 bits per heavy atom. The van der Waals surface area contributed by atoms with Gasteiger partial charge < -0.3 is 10.4 Å². The van der Waals surface area contributed by atoms with Crippen LogP contribution in [0.4, 0.5) is 4.39 Å². The summed E-state index contributed by atoms with van der Waals surface area (Å²) in [5.41, 5.74) is -0.429. The van der Waals surface area contributed by atoms with Gasteiger partial charge in [0, 0.05) is 25.2 Å². The fourth-order valence-electron chi connectivity index (χ4n) is 2.25. The SMILES string of the molecule is Cc1c(F)cc(C(=O)O)cc1S(=O)(=O)N1CCCNCC1. The molecule has 2 N–H and O–H groups in total. The fourth-order valence-corrected chi connectivity index (χ4v) is 3.99. The highest BCUT2D eigenvalue weighted by Gasteiger charge is 2.28. The minimum absolute atomic E-state index is 0.0581. The van der Waals surface area contributed by atoms with Gasteiger partial charge in [0.1, 0.15) is 5.82 Å². The number of hydrogen-bond acceptors (Lipinski definition) is 4. The molecule has 21 heavy (non-hydrogen) atoms. The maximum Gasteiger partial charge on any atom is 0.335 e. The van der Waals surface area contributed by atoms with Crippen LogP contribution in [0, 0.1) is 12.7 Å². The number of rotatable bonds is 3. The fraction of sp³-hybridized carbons (Fsp3) is 0.462. The molecule has 0 saturated carbocycles. The number of nitrogens with one attached hydrogen (secondary N) is 1. The Bertz CT molecular complexity index is 652. The molecule has 1 saturated heterocycles. The largest absolute Gasteiger partial charge is 0.478 e. The summed E-state index contributed by atoms with van der Waals surface area (Å²) >= 11 is 0. The maximum atomic E-state index is 13.8. The summed E-state index contributed by atoms with van der Waals surface area (Å²) in [7, 11) is -3.90. The van der Waals surface area contributed by atoms with Gasteiger partial charge in [-0.15, -0.1) is 0 Å². The van der Waals surface area contributed by atoms with Crippen molar-refractivity contribution in [3.05, 3.63) is 29.1 Å². The van der Waals surface area contributed by atoms with Crippen LogP contribution in [-0.2, 0) is 10.0 Å². The monoisotopic (exact) mass is 316 g/mol. The highest BCUT2D eigenvalue weighted by Crippen LogP contribution is 2.24. The van der Waals surface area contributed by atoms with E-state index in [2.05, 4.69) is 5.32 Å². The van der Waals surface area contributed by atoms with Gasteiger partial charge in [-0.2, -0.15) is 4.31 Å². The van der Waals surface area contributed by atoms with Crippen LogP contribution in [0.1, 0.15) is 22.3 Å². The van der Waals surface area contributed by atoms with E-state index in [0.29, 0.717) is 26.1 Å². The van der Waals surface area contributed by atoms with Crippen LogP contribution in [-0.4, -0.2) is 50.0 Å². The van der Waals surface area contributed by atoms with Crippen LogP contribution >= 0.6 is 0 Å². The number of sulfonamides is 1. The number of carboxylic acid groups (broad SMARTS) is 1. The van der Waals surface area contributed by atoms with E-state index in [0.717, 1.165) is 12.1 Å². The molecule has 6 nitrogen and oxygen atoms in total. The minimum Gasteiger partial charge on any atom is -0.478 e. The van der Waals surface area contributed by atoms with Gasteiger partial charge in [0.15, 0.2) is 0 Å². The maximum absolute atomic E-state index is 13.8. The van der Waals surface area contributed by atoms with Gasteiger partial charge in [-0.1, -0.05) is 0 Å². The average Bonchev–Trinajstić information content (AvgIpc) is 2.70. The lowest BCUT2D eigenvalue weighted by Crippen LogP contribution is -2.34. The van der Waals surface area contributed by atoms with Crippen LogP contribution in [0.25, 0.3) is 0 Å². The minimum atomic E-state index is -3.90. The second-order valence-electron chi connectivity index (χ2n) is 4.89. The Morgan fingerprint density at radius 2 is 2.05 bits per heavy atom. The van der Waals surface area contributed by atoms with Crippen molar-refractivity contribution < 1.29 is 22.7 Å². The average molecular weight is 316 g/mol. The van der Waals surface area contributed by atoms with Crippen molar-refractivity contribution in [2.75, 3.05) is 26.2 Å². The molecule has 0 atom stereocenters. The van der Waals surface area contributed by atoms with E-state index in [-0.39, 0.29) is 22.6 Å². The van der Waals surface area contributed by atoms with E-state index < -0.39 is 21.8 Å². The normalized spacial score (nSPS) is 17.4. The molecule has 1 fully saturated rings. The Hall–Kier alpha value is -1.51. The molecule has 0 spiro atoms.